The van der Waals surface area contributed by atoms with Gasteiger partial charge in [-0.15, -0.1) is 11.3 Å². The third-order valence-corrected chi connectivity index (χ3v) is 7.05. The standard InChI is InChI=1S/C23H27N3O5S/c1-30-19-10-17-18(11-20(19)31-2)25-23(29)26(22(17)28)13-14-5-7-15(8-6-14)21(27)24-12-16-4-3-9-32-16/h3-9,17-20H,10-13H2,1-2H3,(H,24,27)(H,25,29). The Bertz CT molecular complexity index is 963. The summed E-state index contributed by atoms with van der Waals surface area (Å²) in [6, 6.07) is 10.2. The molecule has 1 saturated heterocycles. The van der Waals surface area contributed by atoms with Gasteiger partial charge in [0.15, 0.2) is 0 Å². The summed E-state index contributed by atoms with van der Waals surface area (Å²) in [6.07, 6.45) is 0.701. The van der Waals surface area contributed by atoms with E-state index in [0.29, 0.717) is 24.9 Å². The fourth-order valence-electron chi connectivity index (χ4n) is 4.37. The Morgan fingerprint density at radius 2 is 1.84 bits per heavy atom. The molecule has 2 N–H and O–H groups in total. The molecule has 9 heteroatoms. The zero-order chi connectivity index (χ0) is 22.7. The molecule has 4 amide bonds. The molecule has 170 valence electrons. The van der Waals surface area contributed by atoms with Crippen molar-refractivity contribution in [3.05, 3.63) is 57.8 Å². The first-order valence-corrected chi connectivity index (χ1v) is 11.4. The maximum absolute atomic E-state index is 13.1. The molecule has 2 aliphatic rings. The minimum absolute atomic E-state index is 0.149. The monoisotopic (exact) mass is 457 g/mol. The van der Waals surface area contributed by atoms with Crippen molar-refractivity contribution in [1.82, 2.24) is 15.5 Å². The van der Waals surface area contributed by atoms with Crippen LogP contribution in [0.5, 0.6) is 0 Å². The number of nitrogens with one attached hydrogen (secondary N) is 2. The molecule has 32 heavy (non-hydrogen) atoms. The molecule has 4 unspecified atom stereocenters. The van der Waals surface area contributed by atoms with E-state index in [4.69, 9.17) is 9.47 Å². The highest BCUT2D eigenvalue weighted by Gasteiger charge is 2.47. The number of ether oxygens (including phenoxy) is 2. The number of methoxy groups -OCH3 is 2. The van der Waals surface area contributed by atoms with Gasteiger partial charge >= 0.3 is 6.03 Å². The van der Waals surface area contributed by atoms with Crippen LogP contribution >= 0.6 is 11.3 Å². The topological polar surface area (TPSA) is 97.0 Å². The second kappa shape index (κ2) is 9.81. The summed E-state index contributed by atoms with van der Waals surface area (Å²) in [5, 5.41) is 7.81. The van der Waals surface area contributed by atoms with Crippen LogP contribution in [-0.4, -0.2) is 55.2 Å². The highest BCUT2D eigenvalue weighted by atomic mass is 32.1. The first-order valence-electron chi connectivity index (χ1n) is 10.6. The van der Waals surface area contributed by atoms with E-state index in [1.165, 1.54) is 4.90 Å². The van der Waals surface area contributed by atoms with E-state index in [1.54, 1.807) is 49.8 Å². The van der Waals surface area contributed by atoms with Crippen molar-refractivity contribution in [1.29, 1.82) is 0 Å². The van der Waals surface area contributed by atoms with Gasteiger partial charge in [-0.1, -0.05) is 18.2 Å². The molecule has 4 atom stereocenters. The Hall–Kier alpha value is -2.75. The van der Waals surface area contributed by atoms with Crippen LogP contribution in [0.25, 0.3) is 0 Å². The largest absolute Gasteiger partial charge is 0.379 e. The summed E-state index contributed by atoms with van der Waals surface area (Å²) in [6.45, 7) is 0.631. The van der Waals surface area contributed by atoms with Gasteiger partial charge in [-0.2, -0.15) is 0 Å². The predicted molar refractivity (Wildman–Crippen MR) is 119 cm³/mol. The number of imide groups is 1. The summed E-state index contributed by atoms with van der Waals surface area (Å²) >= 11 is 1.59. The van der Waals surface area contributed by atoms with Crippen LogP contribution in [0, 0.1) is 5.92 Å². The molecule has 4 rings (SSSR count). The van der Waals surface area contributed by atoms with Crippen LogP contribution in [0.1, 0.15) is 33.6 Å². The molecular weight excluding hydrogens is 430 g/mol. The minimum Gasteiger partial charge on any atom is -0.379 e. The van der Waals surface area contributed by atoms with E-state index in [1.807, 2.05) is 17.5 Å². The quantitative estimate of drug-likeness (QED) is 0.666. The molecule has 0 radical (unpaired) electrons. The number of thiophene rings is 1. The van der Waals surface area contributed by atoms with E-state index in [0.717, 1.165) is 10.4 Å². The van der Waals surface area contributed by atoms with E-state index in [-0.39, 0.29) is 42.5 Å². The zero-order valence-electron chi connectivity index (χ0n) is 18.1. The molecule has 2 heterocycles. The smallest absolute Gasteiger partial charge is 0.324 e. The number of hydrogen-bond donors (Lipinski definition) is 2. The van der Waals surface area contributed by atoms with Gasteiger partial charge in [0, 0.05) is 30.7 Å². The Kier molecular flexibility index (Phi) is 6.88. The number of benzene rings is 1. The summed E-state index contributed by atoms with van der Waals surface area (Å²) in [5.41, 5.74) is 1.30. The fraction of sp³-hybridized carbons (Fsp3) is 0.435. The summed E-state index contributed by atoms with van der Waals surface area (Å²) in [4.78, 5) is 40.4. The average molecular weight is 458 g/mol. The fourth-order valence-corrected chi connectivity index (χ4v) is 5.02. The highest BCUT2D eigenvalue weighted by molar-refractivity contribution is 7.09. The lowest BCUT2D eigenvalue weighted by molar-refractivity contribution is -0.144. The van der Waals surface area contributed by atoms with Gasteiger partial charge in [-0.3, -0.25) is 14.5 Å². The van der Waals surface area contributed by atoms with Crippen molar-refractivity contribution >= 4 is 29.2 Å². The van der Waals surface area contributed by atoms with E-state index in [9.17, 15) is 14.4 Å². The predicted octanol–water partition coefficient (Wildman–Crippen LogP) is 2.54. The second-order valence-corrected chi connectivity index (χ2v) is 9.10. The van der Waals surface area contributed by atoms with Crippen molar-refractivity contribution in [2.45, 2.75) is 44.2 Å². The number of hydrogen-bond acceptors (Lipinski definition) is 6. The minimum atomic E-state index is -0.403. The van der Waals surface area contributed by atoms with Crippen molar-refractivity contribution in [2.24, 2.45) is 5.92 Å². The normalized spacial score (nSPS) is 25.2. The first kappa shape index (κ1) is 22.4. The molecule has 2 aromatic rings. The molecule has 1 aliphatic carbocycles. The van der Waals surface area contributed by atoms with Crippen LogP contribution in [0.4, 0.5) is 4.79 Å². The van der Waals surface area contributed by atoms with Crippen molar-refractivity contribution in [2.75, 3.05) is 14.2 Å². The molecule has 1 aromatic heterocycles. The maximum Gasteiger partial charge on any atom is 0.324 e. The van der Waals surface area contributed by atoms with Crippen LogP contribution in [0.3, 0.4) is 0 Å². The van der Waals surface area contributed by atoms with Crippen molar-refractivity contribution in [3.8, 4) is 0 Å². The molecular formula is C23H27N3O5S. The lowest BCUT2D eigenvalue weighted by atomic mass is 9.79. The third kappa shape index (κ3) is 4.69. The first-order chi connectivity index (χ1) is 15.5. The maximum atomic E-state index is 13.1. The SMILES string of the molecule is COC1CC2NC(=O)N(Cc3ccc(C(=O)NCc4cccs4)cc3)C(=O)C2CC1OC. The summed E-state index contributed by atoms with van der Waals surface area (Å²) in [7, 11) is 3.22. The van der Waals surface area contributed by atoms with Crippen molar-refractivity contribution in [3.63, 3.8) is 0 Å². The van der Waals surface area contributed by atoms with Crippen LogP contribution < -0.4 is 10.6 Å². The van der Waals surface area contributed by atoms with Crippen molar-refractivity contribution < 1.29 is 23.9 Å². The average Bonchev–Trinajstić information content (AvgIpc) is 3.33. The number of carbonyl (C=O) groups excluding carboxylic acids is 3. The third-order valence-electron chi connectivity index (χ3n) is 6.18. The number of amides is 4. The van der Waals surface area contributed by atoms with Gasteiger partial charge in [0.25, 0.3) is 5.91 Å². The molecule has 1 saturated carbocycles. The number of urea groups is 1. The van der Waals surface area contributed by atoms with Crippen LogP contribution in [-0.2, 0) is 27.4 Å². The Labute approximate surface area is 190 Å². The number of fused-ring (bicyclic) bond motifs is 1. The molecule has 0 bridgehead atoms. The van der Waals surface area contributed by atoms with Crippen LogP contribution in [0.15, 0.2) is 41.8 Å². The lowest BCUT2D eigenvalue weighted by Crippen LogP contribution is -2.63. The molecule has 0 spiro atoms. The number of rotatable bonds is 7. The van der Waals surface area contributed by atoms with Gasteiger partial charge in [0.1, 0.15) is 0 Å². The summed E-state index contributed by atoms with van der Waals surface area (Å²) < 4.78 is 11.0. The van der Waals surface area contributed by atoms with E-state index in [2.05, 4.69) is 10.6 Å². The lowest BCUT2D eigenvalue weighted by Gasteiger charge is -2.44. The van der Waals surface area contributed by atoms with E-state index < -0.39 is 6.03 Å². The summed E-state index contributed by atoms with van der Waals surface area (Å²) in [5.74, 6) is -0.709. The van der Waals surface area contributed by atoms with Gasteiger partial charge in [-0.25, -0.2) is 4.79 Å². The molecule has 1 aliphatic heterocycles. The zero-order valence-corrected chi connectivity index (χ0v) is 18.9. The highest BCUT2D eigenvalue weighted by Crippen LogP contribution is 2.33. The Morgan fingerprint density at radius 3 is 2.50 bits per heavy atom. The van der Waals surface area contributed by atoms with E-state index >= 15 is 0 Å². The Balaban J connectivity index is 1.38. The Morgan fingerprint density at radius 1 is 1.12 bits per heavy atom. The van der Waals surface area contributed by atoms with Gasteiger partial charge < -0.3 is 20.1 Å². The molecule has 1 aromatic carbocycles. The number of carbonyl (C=O) groups is 3. The van der Waals surface area contributed by atoms with Gasteiger partial charge in [0.05, 0.1) is 31.2 Å². The molecule has 8 nitrogen and oxygen atoms in total. The molecule has 2 fully saturated rings. The van der Waals surface area contributed by atoms with Gasteiger partial charge in [-0.05, 0) is 42.0 Å². The van der Waals surface area contributed by atoms with Gasteiger partial charge in [0.2, 0.25) is 5.91 Å². The number of nitrogens with zero attached hydrogens (tertiary/aromatic N) is 1. The second-order valence-electron chi connectivity index (χ2n) is 8.07. The van der Waals surface area contributed by atoms with Crippen LogP contribution in [0.2, 0.25) is 0 Å².